The number of hydrogen-bond acceptors (Lipinski definition) is 5. The lowest BCUT2D eigenvalue weighted by atomic mass is 10.2. The zero-order chi connectivity index (χ0) is 14.7. The summed E-state index contributed by atoms with van der Waals surface area (Å²) in [5.41, 5.74) is 1.97. The van der Waals surface area contributed by atoms with Crippen molar-refractivity contribution in [3.8, 4) is 0 Å². The molecule has 106 valence electrons. The highest BCUT2D eigenvalue weighted by Gasteiger charge is 2.08. The zero-order valence-corrected chi connectivity index (χ0v) is 12.9. The number of fused-ring (bicyclic) bond motifs is 1. The maximum absolute atomic E-state index is 6.08. The lowest BCUT2D eigenvalue weighted by molar-refractivity contribution is 1.00. The first-order valence-electron chi connectivity index (χ1n) is 6.41. The van der Waals surface area contributed by atoms with Crippen LogP contribution in [0.4, 0.5) is 5.82 Å². The predicted octanol–water partition coefficient (Wildman–Crippen LogP) is 4.01. The number of pyridine rings is 1. The third-order valence-electron chi connectivity index (χ3n) is 3.01. The first kappa shape index (κ1) is 14.1. The van der Waals surface area contributed by atoms with Crippen LogP contribution in [0.2, 0.25) is 5.15 Å². The van der Waals surface area contributed by atoms with Gasteiger partial charge in [0.15, 0.2) is 5.16 Å². The molecular formula is C15H13ClN4S. The van der Waals surface area contributed by atoms with Crippen molar-refractivity contribution in [1.29, 1.82) is 0 Å². The third kappa shape index (κ3) is 3.25. The fourth-order valence-corrected chi connectivity index (χ4v) is 2.53. The zero-order valence-electron chi connectivity index (χ0n) is 11.4. The summed E-state index contributed by atoms with van der Waals surface area (Å²) in [6, 6.07) is 11.9. The lowest BCUT2D eigenvalue weighted by Crippen LogP contribution is -2.03. The number of anilines is 1. The molecule has 0 aliphatic rings. The predicted molar refractivity (Wildman–Crippen MR) is 87.9 cm³/mol. The Morgan fingerprint density at radius 2 is 2.00 bits per heavy atom. The average Bonchev–Trinajstić information content (AvgIpc) is 2.52. The fourth-order valence-electron chi connectivity index (χ4n) is 2.00. The number of hydrogen-bond donors (Lipinski definition) is 1. The van der Waals surface area contributed by atoms with E-state index in [0.717, 1.165) is 16.1 Å². The first-order chi connectivity index (χ1) is 10.3. The van der Waals surface area contributed by atoms with E-state index in [4.69, 9.17) is 11.6 Å². The second kappa shape index (κ2) is 6.28. The van der Waals surface area contributed by atoms with Gasteiger partial charge in [-0.1, -0.05) is 53.7 Å². The van der Waals surface area contributed by atoms with Gasteiger partial charge < -0.3 is 5.32 Å². The molecule has 0 saturated heterocycles. The van der Waals surface area contributed by atoms with Crippen LogP contribution in [-0.4, -0.2) is 21.2 Å². The maximum Gasteiger partial charge on any atom is 0.187 e. The van der Waals surface area contributed by atoms with Gasteiger partial charge in [0, 0.05) is 18.8 Å². The highest BCUT2D eigenvalue weighted by Crippen LogP contribution is 2.24. The molecule has 0 aliphatic carbocycles. The van der Waals surface area contributed by atoms with Crippen molar-refractivity contribution in [3.05, 3.63) is 53.3 Å². The standard InChI is InChI=1S/C15H13ClN4S/c1-21-15-18-9-11-12(19-15)7-13(16)20-14(11)17-8-10-5-3-2-4-6-10/h2-7,9H,8H2,1H3,(H,17,20). The highest BCUT2D eigenvalue weighted by molar-refractivity contribution is 7.98. The molecule has 0 amide bonds. The smallest absolute Gasteiger partial charge is 0.187 e. The van der Waals surface area contributed by atoms with E-state index in [0.29, 0.717) is 17.5 Å². The average molecular weight is 317 g/mol. The fraction of sp³-hybridized carbons (Fsp3) is 0.133. The van der Waals surface area contributed by atoms with Crippen LogP contribution in [0, 0.1) is 0 Å². The van der Waals surface area contributed by atoms with Gasteiger partial charge in [-0.15, -0.1) is 0 Å². The van der Waals surface area contributed by atoms with Gasteiger partial charge in [0.05, 0.1) is 10.9 Å². The normalized spacial score (nSPS) is 10.8. The van der Waals surface area contributed by atoms with Gasteiger partial charge in [0.25, 0.3) is 0 Å². The van der Waals surface area contributed by atoms with E-state index >= 15 is 0 Å². The van der Waals surface area contributed by atoms with E-state index in [1.165, 1.54) is 17.3 Å². The monoisotopic (exact) mass is 316 g/mol. The Morgan fingerprint density at radius 3 is 2.76 bits per heavy atom. The van der Waals surface area contributed by atoms with E-state index in [-0.39, 0.29) is 0 Å². The Kier molecular flexibility index (Phi) is 4.22. The Bertz CT molecular complexity index is 764. The van der Waals surface area contributed by atoms with Crippen LogP contribution in [0.3, 0.4) is 0 Å². The molecule has 0 spiro atoms. The van der Waals surface area contributed by atoms with Crippen LogP contribution in [0.5, 0.6) is 0 Å². The van der Waals surface area contributed by atoms with Gasteiger partial charge in [-0.3, -0.25) is 0 Å². The second-order valence-electron chi connectivity index (χ2n) is 4.42. The van der Waals surface area contributed by atoms with Crippen LogP contribution in [-0.2, 0) is 6.54 Å². The van der Waals surface area contributed by atoms with Crippen LogP contribution >= 0.6 is 23.4 Å². The SMILES string of the molecule is CSc1ncc2c(NCc3ccccc3)nc(Cl)cc2n1. The largest absolute Gasteiger partial charge is 0.365 e. The van der Waals surface area contributed by atoms with Gasteiger partial charge in [0.1, 0.15) is 11.0 Å². The molecular weight excluding hydrogens is 304 g/mol. The molecule has 21 heavy (non-hydrogen) atoms. The lowest BCUT2D eigenvalue weighted by Gasteiger charge is -2.09. The summed E-state index contributed by atoms with van der Waals surface area (Å²) < 4.78 is 0. The van der Waals surface area contributed by atoms with Gasteiger partial charge in [-0.05, 0) is 11.8 Å². The topological polar surface area (TPSA) is 50.7 Å². The molecule has 3 aromatic rings. The Hall–Kier alpha value is -1.85. The molecule has 2 heterocycles. The Labute approximate surface area is 132 Å². The van der Waals surface area contributed by atoms with Crippen molar-refractivity contribution in [3.63, 3.8) is 0 Å². The molecule has 0 aliphatic heterocycles. The first-order valence-corrected chi connectivity index (χ1v) is 8.01. The van der Waals surface area contributed by atoms with Gasteiger partial charge >= 0.3 is 0 Å². The van der Waals surface area contributed by atoms with Gasteiger partial charge in [-0.25, -0.2) is 15.0 Å². The molecule has 2 aromatic heterocycles. The molecule has 0 radical (unpaired) electrons. The molecule has 0 saturated carbocycles. The molecule has 1 N–H and O–H groups in total. The summed E-state index contributed by atoms with van der Waals surface area (Å²) in [7, 11) is 0. The van der Waals surface area contributed by atoms with E-state index in [9.17, 15) is 0 Å². The number of aromatic nitrogens is 3. The van der Waals surface area contributed by atoms with Crippen LogP contribution < -0.4 is 5.32 Å². The van der Waals surface area contributed by atoms with Gasteiger partial charge in [0.2, 0.25) is 0 Å². The highest BCUT2D eigenvalue weighted by atomic mass is 35.5. The van der Waals surface area contributed by atoms with Crippen molar-refractivity contribution >= 4 is 40.1 Å². The Morgan fingerprint density at radius 1 is 1.19 bits per heavy atom. The number of rotatable bonds is 4. The van der Waals surface area contributed by atoms with Crippen LogP contribution in [0.25, 0.3) is 10.9 Å². The van der Waals surface area contributed by atoms with Crippen molar-refractivity contribution < 1.29 is 0 Å². The quantitative estimate of drug-likeness (QED) is 0.448. The van der Waals surface area contributed by atoms with Crippen molar-refractivity contribution in [1.82, 2.24) is 15.0 Å². The second-order valence-corrected chi connectivity index (χ2v) is 5.58. The summed E-state index contributed by atoms with van der Waals surface area (Å²) >= 11 is 7.58. The molecule has 0 fully saturated rings. The van der Waals surface area contributed by atoms with E-state index in [2.05, 4.69) is 32.4 Å². The number of nitrogens with zero attached hydrogens (tertiary/aromatic N) is 3. The minimum atomic E-state index is 0.420. The molecule has 0 bridgehead atoms. The van der Waals surface area contributed by atoms with Crippen molar-refractivity contribution in [2.24, 2.45) is 0 Å². The number of benzene rings is 1. The summed E-state index contributed by atoms with van der Waals surface area (Å²) in [4.78, 5) is 13.1. The summed E-state index contributed by atoms with van der Waals surface area (Å²) in [6.07, 6.45) is 3.73. The van der Waals surface area contributed by atoms with Crippen LogP contribution in [0.1, 0.15) is 5.56 Å². The molecule has 0 unspecified atom stereocenters. The number of halogens is 1. The minimum Gasteiger partial charge on any atom is -0.365 e. The van der Waals surface area contributed by atoms with E-state index < -0.39 is 0 Å². The Balaban J connectivity index is 1.94. The third-order valence-corrected chi connectivity index (χ3v) is 3.77. The number of nitrogens with one attached hydrogen (secondary N) is 1. The molecule has 4 nitrogen and oxygen atoms in total. The summed E-state index contributed by atoms with van der Waals surface area (Å²) in [5, 5.41) is 5.31. The minimum absolute atomic E-state index is 0.420. The maximum atomic E-state index is 6.08. The van der Waals surface area contributed by atoms with Crippen molar-refractivity contribution in [2.75, 3.05) is 11.6 Å². The molecule has 1 aromatic carbocycles. The molecule has 0 atom stereocenters. The number of thioether (sulfide) groups is 1. The molecule has 6 heteroatoms. The summed E-state index contributed by atoms with van der Waals surface area (Å²) in [6.45, 7) is 0.674. The van der Waals surface area contributed by atoms with Crippen molar-refractivity contribution in [2.45, 2.75) is 11.7 Å². The van der Waals surface area contributed by atoms with Crippen LogP contribution in [0.15, 0.2) is 47.8 Å². The van der Waals surface area contributed by atoms with Gasteiger partial charge in [-0.2, -0.15) is 0 Å². The van der Waals surface area contributed by atoms with E-state index in [1.807, 2.05) is 24.5 Å². The molecule has 3 rings (SSSR count). The van der Waals surface area contributed by atoms with E-state index in [1.54, 1.807) is 12.3 Å². The summed E-state index contributed by atoms with van der Waals surface area (Å²) in [5.74, 6) is 0.703.